The molecule has 0 atom stereocenters. The normalized spacial score (nSPS) is 15.1. The Kier molecular flexibility index (Phi) is 6.74. The van der Waals surface area contributed by atoms with Gasteiger partial charge in [-0.05, 0) is 26.2 Å². The van der Waals surface area contributed by atoms with Crippen molar-refractivity contribution < 1.29 is 8.42 Å². The van der Waals surface area contributed by atoms with Crippen LogP contribution in [-0.4, -0.2) is 54.1 Å². The van der Waals surface area contributed by atoms with Gasteiger partial charge in [0.05, 0.1) is 0 Å². The molecule has 1 saturated heterocycles. The highest BCUT2D eigenvalue weighted by atomic mass is 32.2. The first-order valence-corrected chi connectivity index (χ1v) is 11.6. The molecule has 1 aliphatic rings. The second-order valence-electron chi connectivity index (χ2n) is 7.77. The SMILES string of the molecule is Cc1cc(N2CCCCC2)nc(NCCNS(=O)(=O)c2cn(C)c(C(C)C)n2)n1. The number of sulfonamides is 1. The average molecular weight is 422 g/mol. The zero-order chi connectivity index (χ0) is 21.0. The molecule has 0 aromatic carbocycles. The average Bonchev–Trinajstić information content (AvgIpc) is 3.09. The van der Waals surface area contributed by atoms with Crippen LogP contribution in [0.25, 0.3) is 0 Å². The van der Waals surface area contributed by atoms with E-state index in [1.54, 1.807) is 17.8 Å². The minimum Gasteiger partial charge on any atom is -0.356 e. The molecule has 0 saturated carbocycles. The zero-order valence-electron chi connectivity index (χ0n) is 17.6. The Bertz CT molecular complexity index is 934. The number of anilines is 2. The van der Waals surface area contributed by atoms with Crippen LogP contribution in [-0.2, 0) is 17.1 Å². The summed E-state index contributed by atoms with van der Waals surface area (Å²) in [5, 5.41) is 3.17. The summed E-state index contributed by atoms with van der Waals surface area (Å²) >= 11 is 0. The Morgan fingerprint density at radius 2 is 1.83 bits per heavy atom. The van der Waals surface area contributed by atoms with Crippen LogP contribution >= 0.6 is 0 Å². The van der Waals surface area contributed by atoms with E-state index < -0.39 is 10.0 Å². The van der Waals surface area contributed by atoms with E-state index in [-0.39, 0.29) is 17.5 Å². The summed E-state index contributed by atoms with van der Waals surface area (Å²) in [5.41, 5.74) is 0.887. The van der Waals surface area contributed by atoms with E-state index in [9.17, 15) is 8.42 Å². The summed E-state index contributed by atoms with van der Waals surface area (Å²) in [6.45, 7) is 8.52. The summed E-state index contributed by atoms with van der Waals surface area (Å²) in [5.74, 6) is 2.33. The lowest BCUT2D eigenvalue weighted by atomic mass is 10.1. The van der Waals surface area contributed by atoms with E-state index >= 15 is 0 Å². The molecule has 0 unspecified atom stereocenters. The van der Waals surface area contributed by atoms with E-state index in [2.05, 4.69) is 29.9 Å². The van der Waals surface area contributed by atoms with Crippen LogP contribution in [0.4, 0.5) is 11.8 Å². The van der Waals surface area contributed by atoms with Gasteiger partial charge in [0.25, 0.3) is 10.0 Å². The second kappa shape index (κ2) is 9.08. The zero-order valence-corrected chi connectivity index (χ0v) is 18.5. The molecule has 0 bridgehead atoms. The predicted molar refractivity (Wildman–Crippen MR) is 114 cm³/mol. The highest BCUT2D eigenvalue weighted by Gasteiger charge is 2.20. The van der Waals surface area contributed by atoms with Gasteiger partial charge in [-0.1, -0.05) is 13.8 Å². The molecule has 10 heteroatoms. The lowest BCUT2D eigenvalue weighted by Gasteiger charge is -2.28. The molecule has 2 aromatic heterocycles. The molecule has 160 valence electrons. The standard InChI is InChI=1S/C19H31N7O2S/c1-14(2)18-24-17(13-25(18)4)29(27,28)21-9-8-20-19-22-15(3)12-16(23-19)26-10-6-5-7-11-26/h12-14,21H,5-11H2,1-4H3,(H,20,22,23). The number of aromatic nitrogens is 4. The van der Waals surface area contributed by atoms with Gasteiger partial charge < -0.3 is 14.8 Å². The minimum absolute atomic E-state index is 0.0443. The van der Waals surface area contributed by atoms with Crippen molar-refractivity contribution in [2.45, 2.75) is 51.0 Å². The molecule has 1 aliphatic heterocycles. The Balaban J connectivity index is 1.57. The molecule has 1 fully saturated rings. The molecule has 3 rings (SSSR count). The number of aryl methyl sites for hydroxylation is 2. The van der Waals surface area contributed by atoms with Crippen LogP contribution in [0.15, 0.2) is 17.3 Å². The second-order valence-corrected chi connectivity index (χ2v) is 9.48. The Morgan fingerprint density at radius 3 is 2.48 bits per heavy atom. The topological polar surface area (TPSA) is 105 Å². The number of imidazole rings is 1. The van der Waals surface area contributed by atoms with Crippen LogP contribution in [0.2, 0.25) is 0 Å². The van der Waals surface area contributed by atoms with E-state index in [1.807, 2.05) is 26.8 Å². The summed E-state index contributed by atoms with van der Waals surface area (Å²) in [4.78, 5) is 15.5. The smallest absolute Gasteiger partial charge is 0.259 e. The number of piperidine rings is 1. The third kappa shape index (κ3) is 5.45. The van der Waals surface area contributed by atoms with Gasteiger partial charge in [0.15, 0.2) is 5.03 Å². The Hall–Kier alpha value is -2.20. The van der Waals surface area contributed by atoms with Crippen molar-refractivity contribution in [3.8, 4) is 0 Å². The Morgan fingerprint density at radius 1 is 1.10 bits per heavy atom. The maximum atomic E-state index is 12.5. The first kappa shape index (κ1) is 21.5. The number of hydrogen-bond acceptors (Lipinski definition) is 7. The molecule has 2 N–H and O–H groups in total. The largest absolute Gasteiger partial charge is 0.356 e. The van der Waals surface area contributed by atoms with E-state index in [0.29, 0.717) is 12.5 Å². The Labute approximate surface area is 173 Å². The van der Waals surface area contributed by atoms with Crippen molar-refractivity contribution in [3.05, 3.63) is 23.8 Å². The van der Waals surface area contributed by atoms with Crippen LogP contribution in [0.5, 0.6) is 0 Å². The van der Waals surface area contributed by atoms with E-state index in [1.165, 1.54) is 19.3 Å². The van der Waals surface area contributed by atoms with Crippen molar-refractivity contribution in [2.24, 2.45) is 7.05 Å². The van der Waals surface area contributed by atoms with E-state index in [0.717, 1.165) is 30.4 Å². The monoisotopic (exact) mass is 421 g/mol. The summed E-state index contributed by atoms with van der Waals surface area (Å²) < 4.78 is 29.3. The quantitative estimate of drug-likeness (QED) is 0.628. The van der Waals surface area contributed by atoms with Crippen LogP contribution in [0.3, 0.4) is 0 Å². The fraction of sp³-hybridized carbons (Fsp3) is 0.632. The van der Waals surface area contributed by atoms with Crippen molar-refractivity contribution in [2.75, 3.05) is 36.4 Å². The van der Waals surface area contributed by atoms with Gasteiger partial charge in [-0.3, -0.25) is 0 Å². The van der Waals surface area contributed by atoms with Crippen molar-refractivity contribution >= 4 is 21.8 Å². The van der Waals surface area contributed by atoms with Crippen molar-refractivity contribution in [3.63, 3.8) is 0 Å². The molecule has 2 aromatic rings. The fourth-order valence-corrected chi connectivity index (χ4v) is 4.50. The maximum absolute atomic E-state index is 12.5. The minimum atomic E-state index is -3.65. The van der Waals surface area contributed by atoms with Gasteiger partial charge in [-0.15, -0.1) is 0 Å². The third-order valence-corrected chi connectivity index (χ3v) is 6.23. The number of hydrogen-bond donors (Lipinski definition) is 2. The van der Waals surface area contributed by atoms with Gasteiger partial charge in [0.2, 0.25) is 5.95 Å². The lowest BCUT2D eigenvalue weighted by Crippen LogP contribution is -2.31. The number of rotatable bonds is 8. The molecule has 29 heavy (non-hydrogen) atoms. The van der Waals surface area contributed by atoms with Crippen LogP contribution in [0, 0.1) is 6.92 Å². The molecule has 0 amide bonds. The molecule has 0 spiro atoms. The fourth-order valence-electron chi connectivity index (χ4n) is 3.47. The number of nitrogens with one attached hydrogen (secondary N) is 2. The van der Waals surface area contributed by atoms with Gasteiger partial charge in [-0.25, -0.2) is 23.1 Å². The molecule has 0 aliphatic carbocycles. The highest BCUT2D eigenvalue weighted by molar-refractivity contribution is 7.89. The van der Waals surface area contributed by atoms with Crippen molar-refractivity contribution in [1.29, 1.82) is 0 Å². The summed E-state index contributed by atoms with van der Waals surface area (Å²) in [7, 11) is -1.85. The van der Waals surface area contributed by atoms with Gasteiger partial charge in [-0.2, -0.15) is 4.98 Å². The molecule has 3 heterocycles. The van der Waals surface area contributed by atoms with Crippen LogP contribution < -0.4 is 14.9 Å². The first-order chi connectivity index (χ1) is 13.8. The van der Waals surface area contributed by atoms with E-state index in [4.69, 9.17) is 0 Å². The number of nitrogens with zero attached hydrogens (tertiary/aromatic N) is 5. The van der Waals surface area contributed by atoms with Crippen molar-refractivity contribution in [1.82, 2.24) is 24.2 Å². The third-order valence-electron chi connectivity index (χ3n) is 4.90. The summed E-state index contributed by atoms with van der Waals surface area (Å²) in [6, 6.07) is 1.99. The van der Waals surface area contributed by atoms with Gasteiger partial charge in [0, 0.05) is 57.1 Å². The van der Waals surface area contributed by atoms with Gasteiger partial charge >= 0.3 is 0 Å². The summed E-state index contributed by atoms with van der Waals surface area (Å²) in [6.07, 6.45) is 5.17. The lowest BCUT2D eigenvalue weighted by molar-refractivity contribution is 0.573. The highest BCUT2D eigenvalue weighted by Crippen LogP contribution is 2.19. The van der Waals surface area contributed by atoms with Crippen LogP contribution in [0.1, 0.15) is 50.5 Å². The first-order valence-electron chi connectivity index (χ1n) is 10.1. The van der Waals surface area contributed by atoms with Gasteiger partial charge in [0.1, 0.15) is 11.6 Å². The predicted octanol–water partition coefficient (Wildman–Crippen LogP) is 2.02. The molecule has 9 nitrogen and oxygen atoms in total. The molecular formula is C19H31N7O2S. The maximum Gasteiger partial charge on any atom is 0.259 e. The molecule has 0 radical (unpaired) electrons. The molecular weight excluding hydrogens is 390 g/mol.